The summed E-state index contributed by atoms with van der Waals surface area (Å²) in [6.07, 6.45) is 0.0793. The van der Waals surface area contributed by atoms with Crippen molar-refractivity contribution in [3.8, 4) is 5.75 Å². The summed E-state index contributed by atoms with van der Waals surface area (Å²) in [4.78, 5) is 21.5. The zero-order valence-electron chi connectivity index (χ0n) is 11.0. The highest BCUT2D eigenvalue weighted by Gasteiger charge is 2.20. The summed E-state index contributed by atoms with van der Waals surface area (Å²) < 4.78 is 31.5. The van der Waals surface area contributed by atoms with E-state index in [2.05, 4.69) is 10.0 Å². The lowest BCUT2D eigenvalue weighted by molar-refractivity contribution is -0.137. The number of carbonyl (C=O) groups is 2. The number of carboxylic acid groups (broad SMARTS) is 1. The van der Waals surface area contributed by atoms with E-state index in [0.29, 0.717) is 11.4 Å². The fraction of sp³-hybridized carbons (Fsp3) is 0.333. The maximum absolute atomic E-state index is 12.0. The standard InChI is InChI=1S/C12H14N2O6S/c15-11-7-20-10-4-3-8(6-9(10)14-11)21(18,19)13-5-1-2-12(16)17/h3-4,6,13H,1-2,5,7H2,(H,14,15)(H,16,17). The van der Waals surface area contributed by atoms with Gasteiger partial charge in [-0.05, 0) is 24.6 Å². The van der Waals surface area contributed by atoms with Crippen LogP contribution in [0, 0.1) is 0 Å². The van der Waals surface area contributed by atoms with Gasteiger partial charge in [0.05, 0.1) is 10.6 Å². The lowest BCUT2D eigenvalue weighted by Gasteiger charge is -2.18. The predicted octanol–water partition coefficient (Wildman–Crippen LogP) is 0.161. The van der Waals surface area contributed by atoms with E-state index in [1.165, 1.54) is 18.2 Å². The van der Waals surface area contributed by atoms with Gasteiger partial charge in [-0.2, -0.15) is 0 Å². The number of amides is 1. The molecule has 1 aliphatic rings. The van der Waals surface area contributed by atoms with Crippen LogP contribution in [0.4, 0.5) is 5.69 Å². The molecule has 0 unspecified atom stereocenters. The van der Waals surface area contributed by atoms with Crippen molar-refractivity contribution in [3.05, 3.63) is 18.2 Å². The van der Waals surface area contributed by atoms with Gasteiger partial charge in [0, 0.05) is 13.0 Å². The molecule has 3 N–H and O–H groups in total. The minimum Gasteiger partial charge on any atom is -0.482 e. The summed E-state index contributed by atoms with van der Waals surface area (Å²) in [6, 6.07) is 4.11. The van der Waals surface area contributed by atoms with E-state index in [4.69, 9.17) is 9.84 Å². The monoisotopic (exact) mass is 314 g/mol. The summed E-state index contributed by atoms with van der Waals surface area (Å²) in [5.74, 6) is -0.936. The number of anilines is 1. The van der Waals surface area contributed by atoms with Crippen molar-refractivity contribution in [2.45, 2.75) is 17.7 Å². The van der Waals surface area contributed by atoms with Gasteiger partial charge in [0.1, 0.15) is 5.75 Å². The molecule has 8 nitrogen and oxygen atoms in total. The van der Waals surface area contributed by atoms with E-state index in [0.717, 1.165) is 0 Å². The van der Waals surface area contributed by atoms with Crippen LogP contribution in [-0.2, 0) is 19.6 Å². The highest BCUT2D eigenvalue weighted by Crippen LogP contribution is 2.29. The smallest absolute Gasteiger partial charge is 0.303 e. The van der Waals surface area contributed by atoms with Gasteiger partial charge in [0.25, 0.3) is 5.91 Å². The van der Waals surface area contributed by atoms with Crippen LogP contribution in [0.1, 0.15) is 12.8 Å². The summed E-state index contributed by atoms with van der Waals surface area (Å²) in [5.41, 5.74) is 0.291. The Balaban J connectivity index is 2.08. The maximum atomic E-state index is 12.0. The average Bonchev–Trinajstić information content (AvgIpc) is 2.42. The number of carboxylic acids is 1. The SMILES string of the molecule is O=C(O)CCCNS(=O)(=O)c1ccc2c(c1)NC(=O)CO2. The Morgan fingerprint density at radius 3 is 2.90 bits per heavy atom. The molecule has 0 spiro atoms. The molecule has 1 aromatic rings. The van der Waals surface area contributed by atoms with Crippen molar-refractivity contribution in [3.63, 3.8) is 0 Å². The molecule has 1 aromatic carbocycles. The van der Waals surface area contributed by atoms with Gasteiger partial charge in [0.2, 0.25) is 10.0 Å². The van der Waals surface area contributed by atoms with Crippen LogP contribution in [0.2, 0.25) is 0 Å². The van der Waals surface area contributed by atoms with Crippen LogP contribution in [0.25, 0.3) is 0 Å². The average molecular weight is 314 g/mol. The number of fused-ring (bicyclic) bond motifs is 1. The molecule has 0 aliphatic carbocycles. The van der Waals surface area contributed by atoms with Crippen LogP contribution < -0.4 is 14.8 Å². The van der Waals surface area contributed by atoms with Gasteiger partial charge in [-0.3, -0.25) is 9.59 Å². The number of ether oxygens (including phenoxy) is 1. The van der Waals surface area contributed by atoms with Gasteiger partial charge in [-0.1, -0.05) is 0 Å². The van der Waals surface area contributed by atoms with Crippen LogP contribution in [-0.4, -0.2) is 38.6 Å². The number of sulfonamides is 1. The summed E-state index contributed by atoms with van der Waals surface area (Å²) in [5, 5.41) is 11.0. The Hall–Kier alpha value is -2.13. The number of carbonyl (C=O) groups excluding carboxylic acids is 1. The van der Waals surface area contributed by atoms with Crippen molar-refractivity contribution in [1.29, 1.82) is 0 Å². The minimum atomic E-state index is -3.76. The Kier molecular flexibility index (Phi) is 4.43. The Labute approximate surface area is 121 Å². The molecule has 21 heavy (non-hydrogen) atoms. The Morgan fingerprint density at radius 2 is 2.19 bits per heavy atom. The molecule has 0 radical (unpaired) electrons. The number of aliphatic carboxylic acids is 1. The fourth-order valence-electron chi connectivity index (χ4n) is 1.76. The largest absolute Gasteiger partial charge is 0.482 e. The van der Waals surface area contributed by atoms with Gasteiger partial charge >= 0.3 is 5.97 Å². The molecular weight excluding hydrogens is 300 g/mol. The van der Waals surface area contributed by atoms with Crippen LogP contribution in [0.3, 0.4) is 0 Å². The molecule has 9 heteroatoms. The third-order valence-corrected chi connectivity index (χ3v) is 4.21. The first kappa shape index (κ1) is 15.3. The molecule has 0 atom stereocenters. The molecule has 1 amide bonds. The molecule has 0 bridgehead atoms. The molecule has 0 fully saturated rings. The number of nitrogens with one attached hydrogen (secondary N) is 2. The Bertz CT molecular complexity index is 670. The van der Waals surface area contributed by atoms with E-state index in [1.807, 2.05) is 0 Å². The lowest BCUT2D eigenvalue weighted by Crippen LogP contribution is -2.27. The summed E-state index contributed by atoms with van der Waals surface area (Å²) in [7, 11) is -3.76. The van der Waals surface area contributed by atoms with Crippen molar-refractivity contribution >= 4 is 27.6 Å². The van der Waals surface area contributed by atoms with Crippen molar-refractivity contribution < 1.29 is 27.9 Å². The van der Waals surface area contributed by atoms with Gasteiger partial charge < -0.3 is 15.2 Å². The molecule has 1 heterocycles. The second kappa shape index (κ2) is 6.10. The zero-order valence-corrected chi connectivity index (χ0v) is 11.8. The number of rotatable bonds is 6. The second-order valence-corrected chi connectivity index (χ2v) is 6.16. The summed E-state index contributed by atoms with van der Waals surface area (Å²) in [6.45, 7) is -0.0822. The second-order valence-electron chi connectivity index (χ2n) is 4.39. The van der Waals surface area contributed by atoms with Crippen LogP contribution >= 0.6 is 0 Å². The molecule has 0 saturated carbocycles. The number of hydrogen-bond donors (Lipinski definition) is 3. The molecule has 0 aromatic heterocycles. The van der Waals surface area contributed by atoms with E-state index >= 15 is 0 Å². The maximum Gasteiger partial charge on any atom is 0.303 e. The van der Waals surface area contributed by atoms with Gasteiger partial charge in [-0.25, -0.2) is 13.1 Å². The van der Waals surface area contributed by atoms with E-state index in [9.17, 15) is 18.0 Å². The first-order chi connectivity index (χ1) is 9.88. The normalized spacial score (nSPS) is 14.0. The molecule has 0 saturated heterocycles. The highest BCUT2D eigenvalue weighted by molar-refractivity contribution is 7.89. The van der Waals surface area contributed by atoms with Crippen LogP contribution in [0.15, 0.2) is 23.1 Å². The number of benzene rings is 1. The molecular formula is C12H14N2O6S. The third kappa shape index (κ3) is 3.92. The van der Waals surface area contributed by atoms with E-state index < -0.39 is 16.0 Å². The third-order valence-electron chi connectivity index (χ3n) is 2.75. The highest BCUT2D eigenvalue weighted by atomic mass is 32.2. The molecule has 2 rings (SSSR count). The van der Waals surface area contributed by atoms with Crippen molar-refractivity contribution in [2.24, 2.45) is 0 Å². The van der Waals surface area contributed by atoms with Gasteiger partial charge in [0.15, 0.2) is 6.61 Å². The Morgan fingerprint density at radius 1 is 1.43 bits per heavy atom. The van der Waals surface area contributed by atoms with E-state index in [1.54, 1.807) is 0 Å². The zero-order chi connectivity index (χ0) is 15.5. The minimum absolute atomic E-state index is 0.0224. The van der Waals surface area contributed by atoms with Crippen molar-refractivity contribution in [2.75, 3.05) is 18.5 Å². The first-order valence-corrected chi connectivity index (χ1v) is 7.65. The quantitative estimate of drug-likeness (QED) is 0.643. The van der Waals surface area contributed by atoms with Crippen LogP contribution in [0.5, 0.6) is 5.75 Å². The fourth-order valence-corrected chi connectivity index (χ4v) is 2.86. The molecule has 114 valence electrons. The van der Waals surface area contributed by atoms with E-state index in [-0.39, 0.29) is 36.8 Å². The lowest BCUT2D eigenvalue weighted by atomic mass is 10.2. The van der Waals surface area contributed by atoms with Gasteiger partial charge in [-0.15, -0.1) is 0 Å². The summed E-state index contributed by atoms with van der Waals surface area (Å²) >= 11 is 0. The number of hydrogen-bond acceptors (Lipinski definition) is 5. The van der Waals surface area contributed by atoms with Crippen molar-refractivity contribution in [1.82, 2.24) is 4.72 Å². The molecule has 1 aliphatic heterocycles. The predicted molar refractivity (Wildman–Crippen MR) is 72.6 cm³/mol. The topological polar surface area (TPSA) is 122 Å². The first-order valence-electron chi connectivity index (χ1n) is 6.16.